The first-order valence-electron chi connectivity index (χ1n) is 5.64. The van der Waals surface area contributed by atoms with Crippen LogP contribution < -0.4 is 5.32 Å². The van der Waals surface area contributed by atoms with Crippen molar-refractivity contribution < 1.29 is 9.53 Å². The van der Waals surface area contributed by atoms with Gasteiger partial charge in [-0.15, -0.1) is 0 Å². The van der Waals surface area contributed by atoms with Gasteiger partial charge in [0.15, 0.2) is 0 Å². The summed E-state index contributed by atoms with van der Waals surface area (Å²) in [6.45, 7) is 2.96. The number of ether oxygens (including phenoxy) is 1. The number of pyridine rings is 1. The summed E-state index contributed by atoms with van der Waals surface area (Å²) >= 11 is 1.91. The van der Waals surface area contributed by atoms with Gasteiger partial charge in [0.2, 0.25) is 0 Å². The normalized spacial score (nSPS) is 10.0. The third-order valence-corrected chi connectivity index (χ3v) is 3.16. The van der Waals surface area contributed by atoms with Crippen LogP contribution >= 0.6 is 11.8 Å². The molecule has 4 nitrogen and oxygen atoms in total. The molecule has 0 spiro atoms. The minimum absolute atomic E-state index is 0.358. The third kappa shape index (κ3) is 4.65. The number of nitrogens with zero attached hydrogens (tertiary/aromatic N) is 1. The Morgan fingerprint density at radius 1 is 1.59 bits per heavy atom. The number of rotatable bonds is 7. The number of thioether (sulfide) groups is 1. The highest BCUT2D eigenvalue weighted by Gasteiger charge is 2.11. The molecule has 1 N–H and O–H groups in total. The SMILES string of the molecule is CCSCCCNc1ncccc1C(=O)OC. The topological polar surface area (TPSA) is 51.2 Å². The number of esters is 1. The van der Waals surface area contributed by atoms with Crippen molar-refractivity contribution in [2.24, 2.45) is 0 Å². The van der Waals surface area contributed by atoms with Crippen LogP contribution in [0.25, 0.3) is 0 Å². The highest BCUT2D eigenvalue weighted by molar-refractivity contribution is 7.99. The van der Waals surface area contributed by atoms with E-state index in [0.29, 0.717) is 11.4 Å². The van der Waals surface area contributed by atoms with Crippen LogP contribution in [0.2, 0.25) is 0 Å². The van der Waals surface area contributed by atoms with E-state index in [9.17, 15) is 4.79 Å². The molecule has 0 aliphatic rings. The fourth-order valence-electron chi connectivity index (χ4n) is 1.35. The van der Waals surface area contributed by atoms with Crippen LogP contribution in [0.4, 0.5) is 5.82 Å². The number of anilines is 1. The van der Waals surface area contributed by atoms with Gasteiger partial charge >= 0.3 is 5.97 Å². The second-order valence-electron chi connectivity index (χ2n) is 3.37. The lowest BCUT2D eigenvalue weighted by molar-refractivity contribution is 0.0601. The number of carbonyl (C=O) groups is 1. The van der Waals surface area contributed by atoms with E-state index >= 15 is 0 Å². The van der Waals surface area contributed by atoms with E-state index < -0.39 is 0 Å². The summed E-state index contributed by atoms with van der Waals surface area (Å²) in [5.74, 6) is 2.49. The Morgan fingerprint density at radius 2 is 2.41 bits per heavy atom. The molecule has 0 amide bonds. The fraction of sp³-hybridized carbons (Fsp3) is 0.500. The van der Waals surface area contributed by atoms with Crippen LogP contribution in [0.1, 0.15) is 23.7 Å². The number of hydrogen-bond donors (Lipinski definition) is 1. The summed E-state index contributed by atoms with van der Waals surface area (Å²) in [5, 5.41) is 3.16. The molecule has 0 aliphatic carbocycles. The molecule has 0 bridgehead atoms. The van der Waals surface area contributed by atoms with Crippen molar-refractivity contribution in [3.63, 3.8) is 0 Å². The van der Waals surface area contributed by atoms with E-state index in [1.54, 1.807) is 18.3 Å². The Balaban J connectivity index is 2.49. The average molecular weight is 254 g/mol. The minimum atomic E-state index is -0.358. The molecule has 17 heavy (non-hydrogen) atoms. The Morgan fingerprint density at radius 3 is 3.12 bits per heavy atom. The highest BCUT2D eigenvalue weighted by atomic mass is 32.2. The van der Waals surface area contributed by atoms with Crippen molar-refractivity contribution in [2.75, 3.05) is 30.5 Å². The molecule has 1 heterocycles. The van der Waals surface area contributed by atoms with Crippen LogP contribution in [0.15, 0.2) is 18.3 Å². The van der Waals surface area contributed by atoms with Gasteiger partial charge in [-0.3, -0.25) is 0 Å². The summed E-state index contributed by atoms with van der Waals surface area (Å²) in [6.07, 6.45) is 2.71. The van der Waals surface area contributed by atoms with Gasteiger partial charge in [-0.2, -0.15) is 11.8 Å². The van der Waals surface area contributed by atoms with Crippen molar-refractivity contribution in [3.05, 3.63) is 23.9 Å². The van der Waals surface area contributed by atoms with Crippen LogP contribution in [-0.4, -0.2) is 36.1 Å². The van der Waals surface area contributed by atoms with Crippen molar-refractivity contribution >= 4 is 23.5 Å². The first-order valence-corrected chi connectivity index (χ1v) is 6.80. The van der Waals surface area contributed by atoms with E-state index in [-0.39, 0.29) is 5.97 Å². The zero-order valence-electron chi connectivity index (χ0n) is 10.2. The molecule has 0 aromatic carbocycles. The zero-order chi connectivity index (χ0) is 12.5. The van der Waals surface area contributed by atoms with Gasteiger partial charge in [-0.1, -0.05) is 6.92 Å². The van der Waals surface area contributed by atoms with Crippen LogP contribution in [0, 0.1) is 0 Å². The molecule has 0 saturated heterocycles. The van der Waals surface area contributed by atoms with E-state index in [0.717, 1.165) is 24.5 Å². The number of nitrogens with one attached hydrogen (secondary N) is 1. The van der Waals surface area contributed by atoms with E-state index in [4.69, 9.17) is 4.74 Å². The van der Waals surface area contributed by atoms with Crippen LogP contribution in [-0.2, 0) is 4.74 Å². The molecule has 0 unspecified atom stereocenters. The maximum atomic E-state index is 11.5. The van der Waals surface area contributed by atoms with Gasteiger partial charge in [-0.25, -0.2) is 9.78 Å². The van der Waals surface area contributed by atoms with Gasteiger partial charge in [0, 0.05) is 12.7 Å². The number of carbonyl (C=O) groups excluding carboxylic acids is 1. The molecule has 94 valence electrons. The lowest BCUT2D eigenvalue weighted by atomic mass is 10.2. The summed E-state index contributed by atoms with van der Waals surface area (Å²) in [6, 6.07) is 3.44. The molecule has 0 saturated carbocycles. The van der Waals surface area contributed by atoms with Crippen molar-refractivity contribution in [2.45, 2.75) is 13.3 Å². The molecule has 0 atom stereocenters. The monoisotopic (exact) mass is 254 g/mol. The van der Waals surface area contributed by atoms with E-state index in [1.165, 1.54) is 7.11 Å². The predicted octanol–water partition coefficient (Wildman–Crippen LogP) is 2.42. The summed E-state index contributed by atoms with van der Waals surface area (Å²) < 4.78 is 4.70. The Kier molecular flexibility index (Phi) is 6.47. The largest absolute Gasteiger partial charge is 0.465 e. The third-order valence-electron chi connectivity index (χ3n) is 2.18. The van der Waals surface area contributed by atoms with Gasteiger partial charge < -0.3 is 10.1 Å². The number of methoxy groups -OCH3 is 1. The van der Waals surface area contributed by atoms with E-state index in [2.05, 4.69) is 17.2 Å². The molecular formula is C12H18N2O2S. The quantitative estimate of drug-likeness (QED) is 0.598. The lowest BCUT2D eigenvalue weighted by Gasteiger charge is -2.08. The highest BCUT2D eigenvalue weighted by Crippen LogP contribution is 2.12. The molecule has 1 rings (SSSR count). The minimum Gasteiger partial charge on any atom is -0.465 e. The summed E-state index contributed by atoms with van der Waals surface area (Å²) in [5.41, 5.74) is 0.484. The molecule has 0 fully saturated rings. The predicted molar refractivity (Wildman–Crippen MR) is 71.7 cm³/mol. The van der Waals surface area contributed by atoms with Crippen molar-refractivity contribution in [1.82, 2.24) is 4.98 Å². The average Bonchev–Trinajstić information content (AvgIpc) is 2.38. The standard InChI is InChI=1S/C12H18N2O2S/c1-3-17-9-5-8-14-11-10(12(15)16-2)6-4-7-13-11/h4,6-7H,3,5,8-9H2,1-2H3,(H,13,14). The molecular weight excluding hydrogens is 236 g/mol. The Hall–Kier alpha value is -1.23. The molecule has 5 heteroatoms. The maximum Gasteiger partial charge on any atom is 0.341 e. The lowest BCUT2D eigenvalue weighted by Crippen LogP contribution is -2.11. The summed E-state index contributed by atoms with van der Waals surface area (Å²) in [7, 11) is 1.37. The van der Waals surface area contributed by atoms with Crippen LogP contribution in [0.3, 0.4) is 0 Å². The van der Waals surface area contributed by atoms with Gasteiger partial charge in [-0.05, 0) is 30.1 Å². The van der Waals surface area contributed by atoms with Gasteiger partial charge in [0.05, 0.1) is 7.11 Å². The molecule has 0 radical (unpaired) electrons. The van der Waals surface area contributed by atoms with Crippen molar-refractivity contribution in [1.29, 1.82) is 0 Å². The van der Waals surface area contributed by atoms with Gasteiger partial charge in [0.1, 0.15) is 11.4 Å². The molecule has 1 aromatic heterocycles. The maximum absolute atomic E-state index is 11.5. The second kappa shape index (κ2) is 7.95. The Bertz CT molecular complexity index is 358. The fourth-order valence-corrected chi connectivity index (χ4v) is 1.98. The van der Waals surface area contributed by atoms with Crippen molar-refractivity contribution in [3.8, 4) is 0 Å². The van der Waals surface area contributed by atoms with Crippen LogP contribution in [0.5, 0.6) is 0 Å². The second-order valence-corrected chi connectivity index (χ2v) is 4.76. The first-order chi connectivity index (χ1) is 8.29. The first kappa shape index (κ1) is 13.8. The zero-order valence-corrected chi connectivity index (χ0v) is 11.0. The smallest absolute Gasteiger partial charge is 0.341 e. The van der Waals surface area contributed by atoms with E-state index in [1.807, 2.05) is 11.8 Å². The summed E-state index contributed by atoms with van der Waals surface area (Å²) in [4.78, 5) is 15.6. The number of aromatic nitrogens is 1. The number of hydrogen-bond acceptors (Lipinski definition) is 5. The molecule has 0 aliphatic heterocycles. The Labute approximate surface area is 106 Å². The van der Waals surface area contributed by atoms with Gasteiger partial charge in [0.25, 0.3) is 0 Å². The molecule has 1 aromatic rings.